The molecule has 0 aromatic heterocycles. The smallest absolute Gasteiger partial charge is 0.00821 e. The Kier molecular flexibility index (Phi) is 4.87. The van der Waals surface area contributed by atoms with Gasteiger partial charge in [-0.1, -0.05) is 12.8 Å². The molecule has 2 fully saturated rings. The van der Waals surface area contributed by atoms with Crippen molar-refractivity contribution in [3.8, 4) is 0 Å². The van der Waals surface area contributed by atoms with E-state index < -0.39 is 0 Å². The minimum Gasteiger partial charge on any atom is -0.311 e. The molecule has 1 aliphatic carbocycles. The zero-order valence-electron chi connectivity index (χ0n) is 11.9. The third kappa shape index (κ3) is 4.59. The first-order valence-electron chi connectivity index (χ1n) is 7.65. The van der Waals surface area contributed by atoms with E-state index in [9.17, 15) is 0 Å². The monoisotopic (exact) mass is 238 g/mol. The van der Waals surface area contributed by atoms with Gasteiger partial charge < -0.3 is 10.2 Å². The number of hydrogen-bond donors (Lipinski definition) is 1. The molecule has 0 spiro atoms. The van der Waals surface area contributed by atoms with Crippen molar-refractivity contribution in [1.82, 2.24) is 10.2 Å². The standard InChI is InChI=1S/C15H30N2/c1-12(2)17-9-4-5-15(8-10-17)16-13(3)11-14-6-7-14/h12-16H,4-11H2,1-3H3. The van der Waals surface area contributed by atoms with Crippen molar-refractivity contribution in [2.45, 2.75) is 77.4 Å². The molecule has 0 bridgehead atoms. The summed E-state index contributed by atoms with van der Waals surface area (Å²) in [6, 6.07) is 2.23. The molecule has 2 atom stereocenters. The highest BCUT2D eigenvalue weighted by Gasteiger charge is 2.25. The molecule has 2 aliphatic rings. The van der Waals surface area contributed by atoms with E-state index >= 15 is 0 Å². The van der Waals surface area contributed by atoms with Crippen LogP contribution in [0.2, 0.25) is 0 Å². The summed E-state index contributed by atoms with van der Waals surface area (Å²) in [6.45, 7) is 9.61. The van der Waals surface area contributed by atoms with E-state index in [4.69, 9.17) is 0 Å². The van der Waals surface area contributed by atoms with Crippen LogP contribution in [0.25, 0.3) is 0 Å². The third-order valence-electron chi connectivity index (χ3n) is 4.40. The van der Waals surface area contributed by atoms with Crippen molar-refractivity contribution in [3.63, 3.8) is 0 Å². The van der Waals surface area contributed by atoms with Crippen LogP contribution < -0.4 is 5.32 Å². The van der Waals surface area contributed by atoms with Crippen molar-refractivity contribution in [2.75, 3.05) is 13.1 Å². The van der Waals surface area contributed by atoms with Crippen molar-refractivity contribution in [2.24, 2.45) is 5.92 Å². The Balaban J connectivity index is 1.70. The van der Waals surface area contributed by atoms with Crippen molar-refractivity contribution in [1.29, 1.82) is 0 Å². The van der Waals surface area contributed by atoms with Crippen molar-refractivity contribution in [3.05, 3.63) is 0 Å². The van der Waals surface area contributed by atoms with Crippen LogP contribution in [0.4, 0.5) is 0 Å². The van der Waals surface area contributed by atoms with E-state index in [0.29, 0.717) is 0 Å². The minimum atomic E-state index is 0.720. The molecule has 1 aliphatic heterocycles. The first-order chi connectivity index (χ1) is 8.15. The Bertz CT molecular complexity index is 223. The summed E-state index contributed by atoms with van der Waals surface area (Å²) in [7, 11) is 0. The van der Waals surface area contributed by atoms with Crippen LogP contribution in [0, 0.1) is 5.92 Å². The highest BCUT2D eigenvalue weighted by Crippen LogP contribution is 2.33. The lowest BCUT2D eigenvalue weighted by Gasteiger charge is -2.25. The van der Waals surface area contributed by atoms with Crippen LogP contribution >= 0.6 is 0 Å². The second-order valence-electron chi connectivity index (χ2n) is 6.50. The fourth-order valence-corrected chi connectivity index (χ4v) is 3.13. The van der Waals surface area contributed by atoms with Gasteiger partial charge in [0, 0.05) is 18.1 Å². The topological polar surface area (TPSA) is 15.3 Å². The normalized spacial score (nSPS) is 29.3. The maximum absolute atomic E-state index is 3.86. The lowest BCUT2D eigenvalue weighted by molar-refractivity contribution is 0.228. The number of nitrogens with one attached hydrogen (secondary N) is 1. The van der Waals surface area contributed by atoms with Crippen LogP contribution in [-0.2, 0) is 0 Å². The number of hydrogen-bond acceptors (Lipinski definition) is 2. The summed E-state index contributed by atoms with van der Waals surface area (Å²) in [5, 5.41) is 3.86. The molecule has 17 heavy (non-hydrogen) atoms. The summed E-state index contributed by atoms with van der Waals surface area (Å²) in [5.74, 6) is 1.05. The molecular weight excluding hydrogens is 208 g/mol. The molecule has 1 saturated carbocycles. The van der Waals surface area contributed by atoms with Crippen molar-refractivity contribution >= 4 is 0 Å². The molecule has 2 nitrogen and oxygen atoms in total. The molecule has 1 N–H and O–H groups in total. The average molecular weight is 238 g/mol. The lowest BCUT2D eigenvalue weighted by Crippen LogP contribution is -2.38. The summed E-state index contributed by atoms with van der Waals surface area (Å²) >= 11 is 0. The van der Waals surface area contributed by atoms with Crippen LogP contribution in [-0.4, -0.2) is 36.1 Å². The summed E-state index contributed by atoms with van der Waals surface area (Å²) in [5.41, 5.74) is 0. The quantitative estimate of drug-likeness (QED) is 0.792. The fraction of sp³-hybridized carbons (Fsp3) is 1.00. The molecule has 2 unspecified atom stereocenters. The SMILES string of the molecule is CC(CC1CC1)NC1CCCN(C(C)C)CC1. The Labute approximate surface area is 107 Å². The Morgan fingerprint density at radius 1 is 1.06 bits per heavy atom. The van der Waals surface area contributed by atoms with Gasteiger partial charge in [-0.15, -0.1) is 0 Å². The van der Waals surface area contributed by atoms with Crippen LogP contribution in [0.3, 0.4) is 0 Å². The van der Waals surface area contributed by atoms with Gasteiger partial charge in [0.15, 0.2) is 0 Å². The van der Waals surface area contributed by atoms with Gasteiger partial charge in [0.05, 0.1) is 0 Å². The molecule has 2 rings (SSSR count). The zero-order valence-corrected chi connectivity index (χ0v) is 11.9. The van der Waals surface area contributed by atoms with Gasteiger partial charge in [-0.2, -0.15) is 0 Å². The Morgan fingerprint density at radius 2 is 1.82 bits per heavy atom. The minimum absolute atomic E-state index is 0.720. The van der Waals surface area contributed by atoms with Gasteiger partial charge in [-0.25, -0.2) is 0 Å². The van der Waals surface area contributed by atoms with E-state index in [-0.39, 0.29) is 0 Å². The largest absolute Gasteiger partial charge is 0.311 e. The molecule has 0 aromatic rings. The lowest BCUT2D eigenvalue weighted by atomic mass is 10.1. The number of rotatable bonds is 5. The Morgan fingerprint density at radius 3 is 2.47 bits per heavy atom. The highest BCUT2D eigenvalue weighted by molar-refractivity contribution is 4.82. The summed E-state index contributed by atoms with van der Waals surface area (Å²) in [4.78, 5) is 2.63. The van der Waals surface area contributed by atoms with E-state index in [2.05, 4.69) is 31.0 Å². The molecule has 100 valence electrons. The summed E-state index contributed by atoms with van der Waals surface area (Å²) < 4.78 is 0. The fourth-order valence-electron chi connectivity index (χ4n) is 3.13. The van der Waals surface area contributed by atoms with Gasteiger partial charge >= 0.3 is 0 Å². The third-order valence-corrected chi connectivity index (χ3v) is 4.40. The molecular formula is C15H30N2. The zero-order chi connectivity index (χ0) is 12.3. The van der Waals surface area contributed by atoms with Gasteiger partial charge in [0.25, 0.3) is 0 Å². The molecule has 0 aromatic carbocycles. The van der Waals surface area contributed by atoms with Gasteiger partial charge in [0.2, 0.25) is 0 Å². The van der Waals surface area contributed by atoms with E-state index in [1.165, 1.54) is 51.6 Å². The van der Waals surface area contributed by atoms with Gasteiger partial charge in [-0.05, 0) is 65.5 Å². The van der Waals surface area contributed by atoms with Crippen LogP contribution in [0.5, 0.6) is 0 Å². The number of nitrogens with zero attached hydrogens (tertiary/aromatic N) is 1. The molecule has 0 amide bonds. The highest BCUT2D eigenvalue weighted by atomic mass is 15.1. The molecule has 2 heteroatoms. The van der Waals surface area contributed by atoms with Gasteiger partial charge in [-0.3, -0.25) is 0 Å². The second kappa shape index (κ2) is 6.19. The van der Waals surface area contributed by atoms with Crippen LogP contribution in [0.15, 0.2) is 0 Å². The van der Waals surface area contributed by atoms with Crippen molar-refractivity contribution < 1.29 is 0 Å². The van der Waals surface area contributed by atoms with Crippen LogP contribution in [0.1, 0.15) is 59.3 Å². The maximum Gasteiger partial charge on any atom is 0.00821 e. The predicted molar refractivity (Wildman–Crippen MR) is 74.3 cm³/mol. The molecule has 1 saturated heterocycles. The first kappa shape index (κ1) is 13.4. The van der Waals surface area contributed by atoms with E-state index in [0.717, 1.165) is 24.0 Å². The van der Waals surface area contributed by atoms with Gasteiger partial charge in [0.1, 0.15) is 0 Å². The molecule has 0 radical (unpaired) electrons. The predicted octanol–water partition coefficient (Wildman–Crippen LogP) is 3.03. The van der Waals surface area contributed by atoms with E-state index in [1.54, 1.807) is 0 Å². The summed E-state index contributed by atoms with van der Waals surface area (Å²) in [6.07, 6.45) is 8.46. The maximum atomic E-state index is 3.86. The average Bonchev–Trinajstić information content (AvgIpc) is 3.05. The Hall–Kier alpha value is -0.0800. The number of likely N-dealkylation sites (tertiary alicyclic amines) is 1. The molecule has 1 heterocycles. The van der Waals surface area contributed by atoms with E-state index in [1.807, 2.05) is 0 Å². The second-order valence-corrected chi connectivity index (χ2v) is 6.50. The first-order valence-corrected chi connectivity index (χ1v) is 7.65.